The molecule has 0 saturated heterocycles. The van der Waals surface area contributed by atoms with Crippen molar-refractivity contribution in [2.75, 3.05) is 0 Å². The van der Waals surface area contributed by atoms with E-state index in [-0.39, 0.29) is 18.4 Å². The van der Waals surface area contributed by atoms with Gasteiger partial charge in [0.2, 0.25) is 0 Å². The fourth-order valence-corrected chi connectivity index (χ4v) is 3.11. The van der Waals surface area contributed by atoms with Gasteiger partial charge in [-0.15, -0.1) is 0 Å². The summed E-state index contributed by atoms with van der Waals surface area (Å²) in [4.78, 5) is 27.1. The van der Waals surface area contributed by atoms with Crippen LogP contribution in [0.15, 0.2) is 71.7 Å². The molecule has 1 amide bonds. The predicted molar refractivity (Wildman–Crippen MR) is 117 cm³/mol. The highest BCUT2D eigenvalue weighted by molar-refractivity contribution is 6.02. The number of amides is 1. The highest BCUT2D eigenvalue weighted by Crippen LogP contribution is 2.20. The van der Waals surface area contributed by atoms with Crippen molar-refractivity contribution in [3.8, 4) is 0 Å². The van der Waals surface area contributed by atoms with E-state index in [1.54, 1.807) is 24.3 Å². The minimum absolute atomic E-state index is 0.0256. The quantitative estimate of drug-likeness (QED) is 0.369. The number of rotatable bonds is 6. The molecule has 0 fully saturated rings. The van der Waals surface area contributed by atoms with Gasteiger partial charge in [-0.05, 0) is 53.4 Å². The Bertz CT molecular complexity index is 1090. The van der Waals surface area contributed by atoms with Crippen LogP contribution in [0.5, 0.6) is 0 Å². The molecule has 0 aliphatic heterocycles. The third kappa shape index (κ3) is 5.21. The van der Waals surface area contributed by atoms with Crippen LogP contribution in [0.3, 0.4) is 0 Å². The molecule has 7 nitrogen and oxygen atoms in total. The van der Waals surface area contributed by atoms with Crippen LogP contribution >= 0.6 is 0 Å². The third-order valence-corrected chi connectivity index (χ3v) is 4.83. The Labute approximate surface area is 174 Å². The number of carboxylic acid groups (broad SMARTS) is 1. The molecule has 30 heavy (non-hydrogen) atoms. The largest absolute Gasteiger partial charge is 0.480 e. The Morgan fingerprint density at radius 3 is 2.37 bits per heavy atom. The molecule has 1 unspecified atom stereocenters. The number of hydrogen-bond donors (Lipinski definition) is 4. The minimum atomic E-state index is -1.07. The molecule has 154 valence electrons. The van der Waals surface area contributed by atoms with Gasteiger partial charge in [0, 0.05) is 5.56 Å². The first-order valence-electron chi connectivity index (χ1n) is 9.54. The molecule has 2 atom stereocenters. The van der Waals surface area contributed by atoms with Crippen LogP contribution in [-0.4, -0.2) is 29.0 Å². The normalized spacial score (nSPS) is 13.6. The summed E-state index contributed by atoms with van der Waals surface area (Å²) in [7, 11) is 0. The van der Waals surface area contributed by atoms with E-state index in [1.165, 1.54) is 0 Å². The Morgan fingerprint density at radius 1 is 1.03 bits per heavy atom. The van der Waals surface area contributed by atoms with Crippen molar-refractivity contribution in [3.63, 3.8) is 0 Å². The number of nitrogens with one attached hydrogen (secondary N) is 1. The molecule has 0 spiro atoms. The SMILES string of the molecule is C[C@@H](NC(N)=NC(=O)c1ccc(CC(N)C(=O)O)cc1)c1ccc2ccccc2c1. The molecular weight excluding hydrogens is 380 g/mol. The number of aliphatic imine (C=N–C) groups is 1. The molecule has 0 saturated carbocycles. The molecule has 0 aromatic heterocycles. The van der Waals surface area contributed by atoms with E-state index < -0.39 is 17.9 Å². The van der Waals surface area contributed by atoms with Crippen molar-refractivity contribution in [3.05, 3.63) is 83.4 Å². The Kier molecular flexibility index (Phi) is 6.44. The number of fused-ring (bicyclic) bond motifs is 1. The van der Waals surface area contributed by atoms with Gasteiger partial charge in [0.25, 0.3) is 5.91 Å². The number of guanidine groups is 1. The van der Waals surface area contributed by atoms with Crippen LogP contribution in [0.1, 0.15) is 34.5 Å². The van der Waals surface area contributed by atoms with Gasteiger partial charge < -0.3 is 21.9 Å². The summed E-state index contributed by atoms with van der Waals surface area (Å²) in [6.07, 6.45) is 0.181. The Hall–Kier alpha value is -3.71. The molecule has 3 aromatic carbocycles. The summed E-state index contributed by atoms with van der Waals surface area (Å²) in [5, 5.41) is 14.2. The van der Waals surface area contributed by atoms with Gasteiger partial charge in [-0.25, -0.2) is 0 Å². The van der Waals surface area contributed by atoms with Gasteiger partial charge in [-0.2, -0.15) is 4.99 Å². The fourth-order valence-electron chi connectivity index (χ4n) is 3.11. The smallest absolute Gasteiger partial charge is 0.320 e. The molecule has 3 aromatic rings. The van der Waals surface area contributed by atoms with Gasteiger partial charge in [-0.1, -0.05) is 48.5 Å². The summed E-state index contributed by atoms with van der Waals surface area (Å²) in [5.74, 6) is -1.53. The number of benzene rings is 3. The molecule has 0 radical (unpaired) electrons. The van der Waals surface area contributed by atoms with Gasteiger partial charge in [-0.3, -0.25) is 9.59 Å². The minimum Gasteiger partial charge on any atom is -0.480 e. The van der Waals surface area contributed by atoms with E-state index in [4.69, 9.17) is 16.6 Å². The average molecular weight is 404 g/mol. The van der Waals surface area contributed by atoms with Crippen molar-refractivity contribution < 1.29 is 14.7 Å². The number of carbonyl (C=O) groups excluding carboxylic acids is 1. The monoisotopic (exact) mass is 404 g/mol. The number of nitrogens with two attached hydrogens (primary N) is 2. The second-order valence-electron chi connectivity index (χ2n) is 7.12. The molecule has 3 rings (SSSR count). The number of aliphatic carboxylic acids is 1. The lowest BCUT2D eigenvalue weighted by molar-refractivity contribution is -0.138. The summed E-state index contributed by atoms with van der Waals surface area (Å²) in [6, 6.07) is 19.5. The van der Waals surface area contributed by atoms with Crippen LogP contribution in [0.25, 0.3) is 10.8 Å². The third-order valence-electron chi connectivity index (χ3n) is 4.83. The van der Waals surface area contributed by atoms with Gasteiger partial charge >= 0.3 is 5.97 Å². The van der Waals surface area contributed by atoms with Crippen LogP contribution in [-0.2, 0) is 11.2 Å². The molecule has 0 aliphatic carbocycles. The highest BCUT2D eigenvalue weighted by atomic mass is 16.4. The molecule has 7 heteroatoms. The maximum atomic E-state index is 12.4. The van der Waals surface area contributed by atoms with Crippen LogP contribution < -0.4 is 16.8 Å². The zero-order valence-corrected chi connectivity index (χ0v) is 16.6. The Morgan fingerprint density at radius 2 is 1.70 bits per heavy atom. The second-order valence-corrected chi connectivity index (χ2v) is 7.12. The van der Waals surface area contributed by atoms with E-state index >= 15 is 0 Å². The van der Waals surface area contributed by atoms with Crippen molar-refractivity contribution in [1.82, 2.24) is 5.32 Å². The van der Waals surface area contributed by atoms with Gasteiger partial charge in [0.1, 0.15) is 6.04 Å². The van der Waals surface area contributed by atoms with Crippen molar-refractivity contribution in [2.45, 2.75) is 25.4 Å². The molecular formula is C23H24N4O3. The van der Waals surface area contributed by atoms with Crippen LogP contribution in [0, 0.1) is 0 Å². The number of nitrogens with zero attached hydrogens (tertiary/aromatic N) is 1. The summed E-state index contributed by atoms with van der Waals surface area (Å²) in [5.41, 5.74) is 13.6. The lowest BCUT2D eigenvalue weighted by Crippen LogP contribution is -2.34. The van der Waals surface area contributed by atoms with E-state index in [9.17, 15) is 9.59 Å². The molecule has 0 bridgehead atoms. The number of hydrogen-bond acceptors (Lipinski definition) is 3. The first-order chi connectivity index (χ1) is 14.3. The van der Waals surface area contributed by atoms with E-state index in [2.05, 4.69) is 16.4 Å². The highest BCUT2D eigenvalue weighted by Gasteiger charge is 2.13. The maximum Gasteiger partial charge on any atom is 0.320 e. The lowest BCUT2D eigenvalue weighted by atomic mass is 10.0. The standard InChI is InChI=1S/C23H24N4O3/c1-14(18-11-10-16-4-2-3-5-19(16)13-18)26-23(25)27-21(28)17-8-6-15(7-9-17)12-20(24)22(29)30/h2-11,13-14,20H,12,24H2,1H3,(H,29,30)(H3,25,26,27,28)/t14-,20?/m1/s1. The first kappa shape index (κ1) is 21.0. The van der Waals surface area contributed by atoms with Crippen LogP contribution in [0.4, 0.5) is 0 Å². The molecule has 0 heterocycles. The zero-order valence-electron chi connectivity index (χ0n) is 16.6. The van der Waals surface area contributed by atoms with Gasteiger partial charge in [0.15, 0.2) is 5.96 Å². The summed E-state index contributed by atoms with van der Waals surface area (Å²) >= 11 is 0. The van der Waals surface area contributed by atoms with Crippen molar-refractivity contribution in [2.24, 2.45) is 16.5 Å². The van der Waals surface area contributed by atoms with Crippen LogP contribution in [0.2, 0.25) is 0 Å². The first-order valence-corrected chi connectivity index (χ1v) is 9.54. The lowest BCUT2D eigenvalue weighted by Gasteiger charge is -2.15. The zero-order chi connectivity index (χ0) is 21.7. The van der Waals surface area contributed by atoms with Crippen molar-refractivity contribution in [1.29, 1.82) is 0 Å². The summed E-state index contributed by atoms with van der Waals surface area (Å²) < 4.78 is 0. The van der Waals surface area contributed by atoms with E-state index in [1.807, 2.05) is 43.3 Å². The van der Waals surface area contributed by atoms with Crippen molar-refractivity contribution >= 4 is 28.6 Å². The van der Waals surface area contributed by atoms with Gasteiger partial charge in [0.05, 0.1) is 6.04 Å². The molecule has 6 N–H and O–H groups in total. The topological polar surface area (TPSA) is 131 Å². The Balaban J connectivity index is 1.65. The average Bonchev–Trinajstić information content (AvgIpc) is 2.73. The summed E-state index contributed by atoms with van der Waals surface area (Å²) in [6.45, 7) is 1.94. The fraction of sp³-hybridized carbons (Fsp3) is 0.174. The van der Waals surface area contributed by atoms with E-state index in [0.717, 1.165) is 21.9 Å². The molecule has 0 aliphatic rings. The number of carboxylic acids is 1. The number of carbonyl (C=O) groups is 2. The van der Waals surface area contributed by atoms with E-state index in [0.29, 0.717) is 5.56 Å². The maximum absolute atomic E-state index is 12.4. The second kappa shape index (κ2) is 9.19. The predicted octanol–water partition coefficient (Wildman–Crippen LogP) is 2.60.